The van der Waals surface area contributed by atoms with Gasteiger partial charge in [-0.1, -0.05) is 0 Å². The summed E-state index contributed by atoms with van der Waals surface area (Å²) in [5, 5.41) is 2.66. The van der Waals surface area contributed by atoms with Gasteiger partial charge in [0.15, 0.2) is 5.69 Å². The molecule has 2 rings (SSSR count). The second-order valence-corrected chi connectivity index (χ2v) is 3.82. The molecule has 0 aliphatic carbocycles. The van der Waals surface area contributed by atoms with Gasteiger partial charge < -0.3 is 9.73 Å². The highest BCUT2D eigenvalue weighted by Gasteiger charge is 2.33. The van der Waals surface area contributed by atoms with E-state index < -0.39 is 11.9 Å². The molecule has 2 aromatic rings. The molecule has 4 N–H and O–H groups in total. The van der Waals surface area contributed by atoms with Crippen molar-refractivity contribution in [2.45, 2.75) is 19.6 Å². The average Bonchev–Trinajstić information content (AvgIpc) is 2.81. The largest absolute Gasteiger partial charge is 0.444 e. The first-order valence-corrected chi connectivity index (χ1v) is 5.46. The zero-order valence-corrected chi connectivity index (χ0v) is 10.3. The number of hydrogen-bond donors (Lipinski definition) is 3. The Morgan fingerprint density at radius 1 is 1.35 bits per heavy atom. The highest BCUT2D eigenvalue weighted by atomic mass is 19.4. The molecular weight excluding hydrogens is 277 g/mol. The van der Waals surface area contributed by atoms with Crippen LogP contribution in [0.1, 0.15) is 17.3 Å². The lowest BCUT2D eigenvalue weighted by Gasteiger charge is -2.10. The van der Waals surface area contributed by atoms with Gasteiger partial charge in [-0.25, -0.2) is 15.8 Å². The predicted molar refractivity (Wildman–Crippen MR) is 63.4 cm³/mol. The molecule has 0 bridgehead atoms. The normalized spacial score (nSPS) is 11.4. The van der Waals surface area contributed by atoms with E-state index in [2.05, 4.69) is 20.3 Å². The summed E-state index contributed by atoms with van der Waals surface area (Å²) in [7, 11) is 0. The van der Waals surface area contributed by atoms with E-state index in [1.54, 1.807) is 6.92 Å². The van der Waals surface area contributed by atoms with E-state index in [9.17, 15) is 13.2 Å². The van der Waals surface area contributed by atoms with Gasteiger partial charge in [0.2, 0.25) is 11.8 Å². The first kappa shape index (κ1) is 14.1. The molecule has 0 radical (unpaired) electrons. The second kappa shape index (κ2) is 5.33. The second-order valence-electron chi connectivity index (χ2n) is 3.82. The van der Waals surface area contributed by atoms with Crippen LogP contribution in [0.25, 0.3) is 0 Å². The number of aryl methyl sites for hydroxylation is 1. The fraction of sp³-hybridized carbons (Fsp3) is 0.300. The highest BCUT2D eigenvalue weighted by molar-refractivity contribution is 5.42. The van der Waals surface area contributed by atoms with Gasteiger partial charge in [-0.3, -0.25) is 5.43 Å². The van der Waals surface area contributed by atoms with Gasteiger partial charge in [-0.2, -0.15) is 18.2 Å². The van der Waals surface area contributed by atoms with E-state index in [0.717, 1.165) is 6.07 Å². The summed E-state index contributed by atoms with van der Waals surface area (Å²) in [5.74, 6) is 5.59. The molecule has 0 aliphatic rings. The Hall–Kier alpha value is -2.36. The van der Waals surface area contributed by atoms with Crippen LogP contribution >= 0.6 is 0 Å². The minimum atomic E-state index is -4.59. The highest BCUT2D eigenvalue weighted by Crippen LogP contribution is 2.29. The van der Waals surface area contributed by atoms with E-state index in [1.165, 1.54) is 6.20 Å². The number of hydrogen-bond acceptors (Lipinski definition) is 7. The number of nitrogens with one attached hydrogen (secondary N) is 2. The van der Waals surface area contributed by atoms with Crippen LogP contribution in [0.3, 0.4) is 0 Å². The van der Waals surface area contributed by atoms with Crippen LogP contribution in [0.2, 0.25) is 0 Å². The van der Waals surface area contributed by atoms with E-state index in [-0.39, 0.29) is 18.3 Å². The van der Waals surface area contributed by atoms with Crippen molar-refractivity contribution in [1.29, 1.82) is 0 Å². The van der Waals surface area contributed by atoms with Crippen molar-refractivity contribution < 1.29 is 17.6 Å². The molecule has 0 atom stereocenters. The molecule has 0 fully saturated rings. The monoisotopic (exact) mass is 288 g/mol. The van der Waals surface area contributed by atoms with Gasteiger partial charge in [0.25, 0.3) is 0 Å². The molecule has 2 aromatic heterocycles. The van der Waals surface area contributed by atoms with Crippen molar-refractivity contribution in [1.82, 2.24) is 15.0 Å². The zero-order valence-electron chi connectivity index (χ0n) is 10.3. The number of halogens is 3. The van der Waals surface area contributed by atoms with Gasteiger partial charge >= 0.3 is 6.18 Å². The van der Waals surface area contributed by atoms with Gasteiger partial charge in [0, 0.05) is 6.07 Å². The first-order chi connectivity index (χ1) is 9.38. The molecule has 2 heterocycles. The third kappa shape index (κ3) is 3.35. The number of oxazole rings is 1. The van der Waals surface area contributed by atoms with Crippen LogP contribution in [0, 0.1) is 6.92 Å². The number of aromatic nitrogens is 3. The van der Waals surface area contributed by atoms with Crippen molar-refractivity contribution in [3.05, 3.63) is 29.6 Å². The Morgan fingerprint density at radius 3 is 2.65 bits per heavy atom. The van der Waals surface area contributed by atoms with Crippen molar-refractivity contribution in [2.75, 3.05) is 10.7 Å². The quantitative estimate of drug-likeness (QED) is 0.581. The SMILES string of the molecule is Cc1cnc(CNc2cc(C(F)(F)F)nc(NN)n2)o1. The maximum Gasteiger partial charge on any atom is 0.433 e. The lowest BCUT2D eigenvalue weighted by molar-refractivity contribution is -0.141. The lowest BCUT2D eigenvalue weighted by Crippen LogP contribution is -2.16. The molecule has 0 saturated heterocycles. The van der Waals surface area contributed by atoms with Crippen molar-refractivity contribution in [2.24, 2.45) is 5.84 Å². The van der Waals surface area contributed by atoms with E-state index >= 15 is 0 Å². The minimum Gasteiger partial charge on any atom is -0.444 e. The Kier molecular flexibility index (Phi) is 3.74. The van der Waals surface area contributed by atoms with Gasteiger partial charge in [-0.05, 0) is 6.92 Å². The number of nitrogens with zero attached hydrogens (tertiary/aromatic N) is 3. The Morgan fingerprint density at radius 2 is 2.10 bits per heavy atom. The number of nitrogen functional groups attached to an aromatic ring is 1. The van der Waals surface area contributed by atoms with Gasteiger partial charge in [0.05, 0.1) is 12.7 Å². The van der Waals surface area contributed by atoms with Crippen LogP contribution < -0.4 is 16.6 Å². The Bertz CT molecular complexity index is 597. The number of anilines is 2. The summed E-state index contributed by atoms with van der Waals surface area (Å²) in [6.45, 7) is 1.80. The average molecular weight is 288 g/mol. The minimum absolute atomic E-state index is 0.0453. The molecule has 0 aromatic carbocycles. The van der Waals surface area contributed by atoms with Gasteiger partial charge in [-0.15, -0.1) is 0 Å². The van der Waals surface area contributed by atoms with E-state index in [0.29, 0.717) is 11.7 Å². The molecule has 0 amide bonds. The van der Waals surface area contributed by atoms with Crippen molar-refractivity contribution >= 4 is 11.8 Å². The molecule has 7 nitrogen and oxygen atoms in total. The summed E-state index contributed by atoms with van der Waals surface area (Å²) in [5.41, 5.74) is 0.876. The summed E-state index contributed by atoms with van der Waals surface area (Å²) < 4.78 is 43.1. The molecule has 108 valence electrons. The van der Waals surface area contributed by atoms with E-state index in [1.807, 2.05) is 5.43 Å². The van der Waals surface area contributed by atoms with Crippen molar-refractivity contribution in [3.63, 3.8) is 0 Å². The summed E-state index contributed by atoms with van der Waals surface area (Å²) in [6, 6.07) is 0.774. The summed E-state index contributed by atoms with van der Waals surface area (Å²) in [4.78, 5) is 10.9. The summed E-state index contributed by atoms with van der Waals surface area (Å²) in [6.07, 6.45) is -3.09. The number of nitrogens with two attached hydrogens (primary N) is 1. The van der Waals surface area contributed by atoms with Crippen LogP contribution in [0.4, 0.5) is 24.9 Å². The third-order valence-electron chi connectivity index (χ3n) is 2.24. The number of alkyl halides is 3. The summed E-state index contributed by atoms with van der Waals surface area (Å²) >= 11 is 0. The first-order valence-electron chi connectivity index (χ1n) is 5.46. The van der Waals surface area contributed by atoms with Crippen LogP contribution in [0.5, 0.6) is 0 Å². The predicted octanol–water partition coefficient (Wildman–Crippen LogP) is 1.69. The standard InChI is InChI=1S/C10H11F3N6O/c1-5-3-16-8(20-5)4-15-7-2-6(10(11,12)13)17-9(18-7)19-14/h2-3H,4,14H2,1H3,(H2,15,17,18,19). The van der Waals surface area contributed by atoms with Crippen LogP contribution in [-0.2, 0) is 12.7 Å². The van der Waals surface area contributed by atoms with Gasteiger partial charge in [0.1, 0.15) is 11.6 Å². The molecule has 0 aliphatic heterocycles. The maximum atomic E-state index is 12.6. The topological polar surface area (TPSA) is 102 Å². The molecule has 0 spiro atoms. The molecule has 0 saturated carbocycles. The third-order valence-corrected chi connectivity index (χ3v) is 2.24. The molecule has 20 heavy (non-hydrogen) atoms. The maximum absolute atomic E-state index is 12.6. The fourth-order valence-corrected chi connectivity index (χ4v) is 1.40. The molecule has 10 heteroatoms. The number of hydrazine groups is 1. The Labute approximate surface area is 111 Å². The fourth-order valence-electron chi connectivity index (χ4n) is 1.40. The molecule has 0 unspecified atom stereocenters. The van der Waals surface area contributed by atoms with E-state index in [4.69, 9.17) is 10.3 Å². The van der Waals surface area contributed by atoms with Crippen LogP contribution in [-0.4, -0.2) is 15.0 Å². The van der Waals surface area contributed by atoms with Crippen LogP contribution in [0.15, 0.2) is 16.7 Å². The lowest BCUT2D eigenvalue weighted by atomic mass is 10.3. The zero-order chi connectivity index (χ0) is 14.8. The smallest absolute Gasteiger partial charge is 0.433 e. The number of rotatable bonds is 4. The van der Waals surface area contributed by atoms with Crippen molar-refractivity contribution in [3.8, 4) is 0 Å². The molecular formula is C10H11F3N6O. The Balaban J connectivity index is 2.18.